The van der Waals surface area contributed by atoms with Gasteiger partial charge >= 0.3 is 0 Å². The largest absolute Gasteiger partial charge is 0.352 e. The zero-order chi connectivity index (χ0) is 15.2. The van der Waals surface area contributed by atoms with Crippen molar-refractivity contribution in [1.29, 1.82) is 0 Å². The number of nitrogens with one attached hydrogen (secondary N) is 2. The van der Waals surface area contributed by atoms with Crippen LogP contribution in [0.25, 0.3) is 0 Å². The number of piperidine rings is 1. The number of rotatable bonds is 8. The Hall–Kier alpha value is -0.610. The fourth-order valence-corrected chi connectivity index (χ4v) is 3.36. The van der Waals surface area contributed by atoms with Gasteiger partial charge in [-0.2, -0.15) is 0 Å². The summed E-state index contributed by atoms with van der Waals surface area (Å²) in [5.41, 5.74) is 0. The first-order valence-electron chi connectivity index (χ1n) is 8.91. The van der Waals surface area contributed by atoms with Crippen LogP contribution in [-0.4, -0.2) is 48.1 Å². The van der Waals surface area contributed by atoms with E-state index < -0.39 is 0 Å². The molecule has 2 N–H and O–H groups in total. The summed E-state index contributed by atoms with van der Waals surface area (Å²) in [5, 5.41) is 6.81. The second kappa shape index (κ2) is 8.14. The molecule has 21 heavy (non-hydrogen) atoms. The predicted molar refractivity (Wildman–Crippen MR) is 87.3 cm³/mol. The van der Waals surface area contributed by atoms with Crippen LogP contribution in [0.3, 0.4) is 0 Å². The van der Waals surface area contributed by atoms with Gasteiger partial charge in [-0.3, -0.25) is 9.69 Å². The van der Waals surface area contributed by atoms with Crippen molar-refractivity contribution in [3.63, 3.8) is 0 Å². The van der Waals surface area contributed by atoms with E-state index in [4.69, 9.17) is 0 Å². The first-order chi connectivity index (χ1) is 10.1. The molecule has 3 unspecified atom stereocenters. The summed E-state index contributed by atoms with van der Waals surface area (Å²) in [6.45, 7) is 8.46. The summed E-state index contributed by atoms with van der Waals surface area (Å²) in [6, 6.07) is 1.57. The Morgan fingerprint density at radius 1 is 1.24 bits per heavy atom. The van der Waals surface area contributed by atoms with Crippen LogP contribution >= 0.6 is 0 Å². The third kappa shape index (κ3) is 5.26. The van der Waals surface area contributed by atoms with Crippen molar-refractivity contribution in [3.8, 4) is 0 Å². The third-order valence-corrected chi connectivity index (χ3v) is 4.88. The van der Waals surface area contributed by atoms with Crippen molar-refractivity contribution in [3.05, 3.63) is 0 Å². The maximum Gasteiger partial charge on any atom is 0.237 e. The molecule has 2 rings (SSSR count). The fraction of sp³-hybridized carbons (Fsp3) is 0.941. The number of hydrogen-bond acceptors (Lipinski definition) is 3. The molecule has 1 saturated carbocycles. The number of carbonyl (C=O) groups is 1. The van der Waals surface area contributed by atoms with Crippen molar-refractivity contribution in [1.82, 2.24) is 15.5 Å². The van der Waals surface area contributed by atoms with Crippen molar-refractivity contribution in [2.75, 3.05) is 13.1 Å². The molecule has 0 spiro atoms. The number of likely N-dealkylation sites (tertiary alicyclic amines) is 1. The molecule has 3 atom stereocenters. The molecule has 1 aliphatic heterocycles. The highest BCUT2D eigenvalue weighted by Crippen LogP contribution is 2.22. The monoisotopic (exact) mass is 295 g/mol. The number of carbonyl (C=O) groups excluding carboxylic acids is 1. The van der Waals surface area contributed by atoms with Gasteiger partial charge in [0.05, 0.1) is 6.04 Å². The van der Waals surface area contributed by atoms with Gasteiger partial charge in [0.15, 0.2) is 0 Å². The molecular weight excluding hydrogens is 262 g/mol. The van der Waals surface area contributed by atoms with Crippen LogP contribution in [0, 0.1) is 0 Å². The lowest BCUT2D eigenvalue weighted by molar-refractivity contribution is -0.128. The van der Waals surface area contributed by atoms with E-state index in [0.717, 1.165) is 32.0 Å². The van der Waals surface area contributed by atoms with E-state index in [1.165, 1.54) is 32.1 Å². The van der Waals surface area contributed by atoms with Gasteiger partial charge in [-0.1, -0.05) is 19.8 Å². The topological polar surface area (TPSA) is 44.4 Å². The summed E-state index contributed by atoms with van der Waals surface area (Å²) in [6.07, 6.45) is 8.59. The number of nitrogens with zero attached hydrogens (tertiary/aromatic N) is 1. The second-order valence-corrected chi connectivity index (χ2v) is 6.94. The van der Waals surface area contributed by atoms with Gasteiger partial charge in [-0.15, -0.1) is 0 Å². The van der Waals surface area contributed by atoms with E-state index in [-0.39, 0.29) is 18.0 Å². The Morgan fingerprint density at radius 3 is 2.67 bits per heavy atom. The van der Waals surface area contributed by atoms with Crippen molar-refractivity contribution in [2.24, 2.45) is 0 Å². The average molecular weight is 295 g/mol. The fourth-order valence-electron chi connectivity index (χ4n) is 3.36. The Bertz CT molecular complexity index is 330. The molecule has 122 valence electrons. The highest BCUT2D eigenvalue weighted by Gasteiger charge is 2.31. The van der Waals surface area contributed by atoms with Crippen LogP contribution in [0.1, 0.15) is 65.7 Å². The summed E-state index contributed by atoms with van der Waals surface area (Å²) in [7, 11) is 0. The van der Waals surface area contributed by atoms with Crippen LogP contribution < -0.4 is 10.6 Å². The van der Waals surface area contributed by atoms with Gasteiger partial charge in [0.25, 0.3) is 0 Å². The minimum atomic E-state index is -0.00407. The van der Waals surface area contributed by atoms with Crippen molar-refractivity contribution in [2.45, 2.75) is 89.9 Å². The summed E-state index contributed by atoms with van der Waals surface area (Å²) in [4.78, 5) is 14.9. The maximum absolute atomic E-state index is 12.5. The minimum Gasteiger partial charge on any atom is -0.352 e. The SMILES string of the molecule is CCCC(C)NC(=O)C(C)N1CCCCC1CNC1CC1. The molecule has 0 radical (unpaired) electrons. The second-order valence-electron chi connectivity index (χ2n) is 6.94. The van der Waals surface area contributed by atoms with Crippen LogP contribution in [0.15, 0.2) is 0 Å². The quantitative estimate of drug-likeness (QED) is 0.722. The van der Waals surface area contributed by atoms with Crippen LogP contribution in [0.4, 0.5) is 0 Å². The smallest absolute Gasteiger partial charge is 0.237 e. The van der Waals surface area contributed by atoms with E-state index >= 15 is 0 Å². The molecule has 0 bridgehead atoms. The molecule has 0 aromatic heterocycles. The Morgan fingerprint density at radius 2 is 2.00 bits per heavy atom. The van der Waals surface area contributed by atoms with Crippen LogP contribution in [0.2, 0.25) is 0 Å². The molecule has 4 heteroatoms. The lowest BCUT2D eigenvalue weighted by atomic mass is 9.99. The van der Waals surface area contributed by atoms with Gasteiger partial charge < -0.3 is 10.6 Å². The highest BCUT2D eigenvalue weighted by molar-refractivity contribution is 5.81. The van der Waals surface area contributed by atoms with Gasteiger partial charge in [-0.25, -0.2) is 0 Å². The van der Waals surface area contributed by atoms with Crippen LogP contribution in [-0.2, 0) is 4.79 Å². The minimum absolute atomic E-state index is 0.00407. The molecule has 2 fully saturated rings. The zero-order valence-electron chi connectivity index (χ0n) is 14.0. The van der Waals surface area contributed by atoms with Crippen molar-refractivity contribution >= 4 is 5.91 Å². The molecule has 1 heterocycles. The molecule has 2 aliphatic rings. The predicted octanol–water partition coefficient (Wildman–Crippen LogP) is 2.29. The number of hydrogen-bond donors (Lipinski definition) is 2. The molecule has 1 saturated heterocycles. The lowest BCUT2D eigenvalue weighted by Gasteiger charge is -2.39. The van der Waals surface area contributed by atoms with E-state index in [2.05, 4.69) is 36.3 Å². The summed E-state index contributed by atoms with van der Waals surface area (Å²) < 4.78 is 0. The van der Waals surface area contributed by atoms with Gasteiger partial charge in [0, 0.05) is 24.7 Å². The van der Waals surface area contributed by atoms with Gasteiger partial charge in [0.2, 0.25) is 5.91 Å². The highest BCUT2D eigenvalue weighted by atomic mass is 16.2. The van der Waals surface area contributed by atoms with E-state index in [1.54, 1.807) is 0 Å². The Kier molecular flexibility index (Phi) is 6.49. The molecule has 4 nitrogen and oxygen atoms in total. The van der Waals surface area contributed by atoms with E-state index in [0.29, 0.717) is 6.04 Å². The third-order valence-electron chi connectivity index (χ3n) is 4.88. The average Bonchev–Trinajstić information content (AvgIpc) is 3.29. The molecule has 0 aromatic carbocycles. The Labute approximate surface area is 130 Å². The van der Waals surface area contributed by atoms with Crippen molar-refractivity contribution < 1.29 is 4.79 Å². The zero-order valence-corrected chi connectivity index (χ0v) is 14.0. The van der Waals surface area contributed by atoms with Gasteiger partial charge in [-0.05, 0) is 52.5 Å². The van der Waals surface area contributed by atoms with E-state index in [1.807, 2.05) is 0 Å². The summed E-state index contributed by atoms with van der Waals surface area (Å²) >= 11 is 0. The molecule has 0 aromatic rings. The molecule has 1 aliphatic carbocycles. The molecular formula is C17H33N3O. The van der Waals surface area contributed by atoms with E-state index in [9.17, 15) is 4.79 Å². The summed E-state index contributed by atoms with van der Waals surface area (Å²) in [5.74, 6) is 0.203. The first kappa shape index (κ1) is 16.8. The maximum atomic E-state index is 12.5. The van der Waals surface area contributed by atoms with Gasteiger partial charge in [0.1, 0.15) is 0 Å². The number of amides is 1. The first-order valence-corrected chi connectivity index (χ1v) is 8.91. The lowest BCUT2D eigenvalue weighted by Crippen LogP contribution is -2.55. The normalized spacial score (nSPS) is 26.3. The Balaban J connectivity index is 1.83. The van der Waals surface area contributed by atoms with Crippen LogP contribution in [0.5, 0.6) is 0 Å². The standard InChI is InChI=1S/C17H33N3O/c1-4-7-13(2)19-17(21)14(3)20-11-6-5-8-16(20)12-18-15-9-10-15/h13-16,18H,4-12H2,1-3H3,(H,19,21). The molecule has 1 amide bonds.